The highest BCUT2D eigenvalue weighted by Gasteiger charge is 2.17. The van der Waals surface area contributed by atoms with Crippen molar-refractivity contribution in [2.24, 2.45) is 0 Å². The minimum absolute atomic E-state index is 0.0272. The molecule has 0 unspecified atom stereocenters. The smallest absolute Gasteiger partial charge is 0.337 e. The van der Waals surface area contributed by atoms with E-state index in [9.17, 15) is 19.8 Å². The maximum atomic E-state index is 12.6. The lowest BCUT2D eigenvalue weighted by molar-refractivity contribution is 0.0698. The molecule has 132 valence electrons. The van der Waals surface area contributed by atoms with Crippen LogP contribution in [0.4, 0.5) is 5.69 Å². The second-order valence-corrected chi connectivity index (χ2v) is 5.94. The van der Waals surface area contributed by atoms with E-state index in [-0.39, 0.29) is 28.9 Å². The van der Waals surface area contributed by atoms with Crippen molar-refractivity contribution in [3.8, 4) is 16.9 Å². The lowest BCUT2D eigenvalue weighted by Crippen LogP contribution is -2.15. The van der Waals surface area contributed by atoms with Crippen LogP contribution in [0.1, 0.15) is 26.3 Å². The van der Waals surface area contributed by atoms with Gasteiger partial charge in [0.15, 0.2) is 0 Å². The molecule has 0 aliphatic heterocycles. The third-order valence-corrected chi connectivity index (χ3v) is 4.15. The summed E-state index contributed by atoms with van der Waals surface area (Å²) >= 11 is 0. The molecule has 0 aliphatic rings. The number of aromatic carboxylic acids is 1. The Hall–Kier alpha value is -3.54. The van der Waals surface area contributed by atoms with Crippen LogP contribution in [-0.4, -0.2) is 29.9 Å². The normalized spacial score (nSPS) is 10.4. The van der Waals surface area contributed by atoms with Gasteiger partial charge >= 0.3 is 5.97 Å². The number of amides is 1. The monoisotopic (exact) mass is 357 g/mol. The molecular weight excluding hydrogens is 341 g/mol. The molecule has 0 aliphatic carbocycles. The molecule has 0 spiro atoms. The summed E-state index contributed by atoms with van der Waals surface area (Å²) in [7, 11) is 5.58. The van der Waals surface area contributed by atoms with Crippen LogP contribution < -0.4 is 5.32 Å². The summed E-state index contributed by atoms with van der Waals surface area (Å²) in [6.07, 6.45) is 0.213. The average molecular weight is 357 g/mol. The van der Waals surface area contributed by atoms with Gasteiger partial charge in [-0.1, -0.05) is 54.3 Å². The van der Waals surface area contributed by atoms with Crippen LogP contribution >= 0.6 is 0 Å². The summed E-state index contributed by atoms with van der Waals surface area (Å²) in [5.74, 6) is -1.99. The van der Waals surface area contributed by atoms with E-state index in [0.29, 0.717) is 5.56 Å². The molecule has 3 aromatic carbocycles. The highest BCUT2D eigenvalue weighted by molar-refractivity contribution is 6.10. The van der Waals surface area contributed by atoms with Gasteiger partial charge in [-0.05, 0) is 35.4 Å². The number of benzene rings is 3. The molecule has 2 radical (unpaired) electrons. The number of hydrogen-bond acceptors (Lipinski definition) is 3. The Morgan fingerprint density at radius 3 is 2.30 bits per heavy atom. The van der Waals surface area contributed by atoms with Crippen molar-refractivity contribution in [1.82, 2.24) is 0 Å². The van der Waals surface area contributed by atoms with Crippen molar-refractivity contribution >= 4 is 25.4 Å². The number of carbonyl (C=O) groups excluding carboxylic acids is 1. The second kappa shape index (κ2) is 7.78. The first-order valence-corrected chi connectivity index (χ1v) is 8.25. The van der Waals surface area contributed by atoms with E-state index in [1.165, 1.54) is 18.2 Å². The number of carboxylic acid groups (broad SMARTS) is 1. The molecule has 0 fully saturated rings. The Labute approximate surface area is 157 Å². The SMILES string of the molecule is [B]Cc1ccc(O)c(C(=O)Nc2cc(-c3ccccc3)ccc2C(=O)O)c1. The molecule has 0 heterocycles. The topological polar surface area (TPSA) is 86.6 Å². The summed E-state index contributed by atoms with van der Waals surface area (Å²) in [4.78, 5) is 24.2. The van der Waals surface area contributed by atoms with Crippen molar-refractivity contribution in [2.75, 3.05) is 5.32 Å². The Morgan fingerprint density at radius 2 is 1.63 bits per heavy atom. The first kappa shape index (κ1) is 18.3. The van der Waals surface area contributed by atoms with E-state index >= 15 is 0 Å². The number of rotatable bonds is 5. The largest absolute Gasteiger partial charge is 0.507 e. The van der Waals surface area contributed by atoms with Crippen LogP contribution in [0.5, 0.6) is 5.75 Å². The first-order chi connectivity index (χ1) is 13.0. The molecule has 3 aromatic rings. The zero-order valence-corrected chi connectivity index (χ0v) is 14.3. The zero-order chi connectivity index (χ0) is 19.4. The van der Waals surface area contributed by atoms with Gasteiger partial charge in [-0.25, -0.2) is 4.79 Å². The number of aromatic hydroxyl groups is 1. The summed E-state index contributed by atoms with van der Waals surface area (Å²) in [5.41, 5.74) is 2.45. The molecule has 0 atom stereocenters. The Bertz CT molecular complexity index is 1000. The molecular formula is C21H16BNO4. The Balaban J connectivity index is 2.00. The van der Waals surface area contributed by atoms with E-state index in [1.54, 1.807) is 18.2 Å². The van der Waals surface area contributed by atoms with E-state index < -0.39 is 11.9 Å². The number of carbonyl (C=O) groups is 2. The summed E-state index contributed by atoms with van der Waals surface area (Å²) in [6.45, 7) is 0. The van der Waals surface area contributed by atoms with Crippen LogP contribution in [-0.2, 0) is 6.32 Å². The Morgan fingerprint density at radius 1 is 0.889 bits per heavy atom. The molecule has 0 saturated heterocycles. The number of nitrogens with one attached hydrogen (secondary N) is 1. The van der Waals surface area contributed by atoms with Gasteiger partial charge in [0.1, 0.15) is 5.75 Å². The maximum Gasteiger partial charge on any atom is 0.337 e. The highest BCUT2D eigenvalue weighted by Crippen LogP contribution is 2.27. The fourth-order valence-corrected chi connectivity index (χ4v) is 2.73. The van der Waals surface area contributed by atoms with Crippen LogP contribution in [0.2, 0.25) is 0 Å². The van der Waals surface area contributed by atoms with Crippen LogP contribution in [0.15, 0.2) is 66.7 Å². The van der Waals surface area contributed by atoms with E-state index in [2.05, 4.69) is 5.32 Å². The quantitative estimate of drug-likeness (QED) is 0.608. The van der Waals surface area contributed by atoms with Crippen LogP contribution in [0.25, 0.3) is 11.1 Å². The zero-order valence-electron chi connectivity index (χ0n) is 14.3. The lowest BCUT2D eigenvalue weighted by atomic mass is 9.95. The second-order valence-electron chi connectivity index (χ2n) is 5.94. The van der Waals surface area contributed by atoms with E-state index in [0.717, 1.165) is 11.1 Å². The van der Waals surface area contributed by atoms with Crippen molar-refractivity contribution in [3.05, 3.63) is 83.4 Å². The van der Waals surface area contributed by atoms with Gasteiger partial charge in [0.2, 0.25) is 0 Å². The minimum atomic E-state index is -1.16. The standard InChI is InChI=1S/C21H16BNO4/c22-12-13-6-9-19(24)17(10-13)20(25)23-18-11-15(7-8-16(18)21(26)27)14-4-2-1-3-5-14/h1-11,24H,12H2,(H,23,25)(H,26,27). The first-order valence-electron chi connectivity index (χ1n) is 8.25. The van der Waals surface area contributed by atoms with Gasteiger partial charge in [0.25, 0.3) is 5.91 Å². The maximum absolute atomic E-state index is 12.6. The van der Waals surface area contributed by atoms with Gasteiger partial charge < -0.3 is 15.5 Å². The summed E-state index contributed by atoms with van der Waals surface area (Å²) < 4.78 is 0. The van der Waals surface area contributed by atoms with Gasteiger partial charge in [0, 0.05) is 0 Å². The fourth-order valence-electron chi connectivity index (χ4n) is 2.73. The molecule has 3 N–H and O–H groups in total. The number of carboxylic acids is 1. The van der Waals surface area contributed by atoms with Gasteiger partial charge in [-0.15, -0.1) is 0 Å². The van der Waals surface area contributed by atoms with Crippen molar-refractivity contribution in [2.45, 2.75) is 6.32 Å². The van der Waals surface area contributed by atoms with Crippen molar-refractivity contribution in [3.63, 3.8) is 0 Å². The van der Waals surface area contributed by atoms with E-state index in [1.807, 2.05) is 30.3 Å². The number of phenols is 1. The predicted molar refractivity (Wildman–Crippen MR) is 104 cm³/mol. The molecule has 0 aromatic heterocycles. The third kappa shape index (κ3) is 4.01. The predicted octanol–water partition coefficient (Wildman–Crippen LogP) is 3.68. The molecule has 0 bridgehead atoms. The number of hydrogen-bond donors (Lipinski definition) is 3. The number of anilines is 1. The molecule has 1 amide bonds. The highest BCUT2D eigenvalue weighted by atomic mass is 16.4. The van der Waals surface area contributed by atoms with Gasteiger partial charge in [0.05, 0.1) is 24.7 Å². The fraction of sp³-hybridized carbons (Fsp3) is 0.0476. The molecule has 27 heavy (non-hydrogen) atoms. The van der Waals surface area contributed by atoms with Gasteiger partial charge in [-0.2, -0.15) is 0 Å². The molecule has 3 rings (SSSR count). The van der Waals surface area contributed by atoms with Crippen LogP contribution in [0, 0.1) is 0 Å². The average Bonchev–Trinajstić information content (AvgIpc) is 2.68. The van der Waals surface area contributed by atoms with E-state index in [4.69, 9.17) is 7.85 Å². The molecule has 5 nitrogen and oxygen atoms in total. The third-order valence-electron chi connectivity index (χ3n) is 4.15. The lowest BCUT2D eigenvalue weighted by Gasteiger charge is -2.12. The van der Waals surface area contributed by atoms with Crippen molar-refractivity contribution < 1.29 is 19.8 Å². The molecule has 0 saturated carbocycles. The summed E-state index contributed by atoms with van der Waals surface area (Å²) in [6, 6.07) is 18.6. The summed E-state index contributed by atoms with van der Waals surface area (Å²) in [5, 5.41) is 22.0. The van der Waals surface area contributed by atoms with Crippen LogP contribution in [0.3, 0.4) is 0 Å². The number of phenolic OH excluding ortho intramolecular Hbond substituents is 1. The molecule has 6 heteroatoms. The Kier molecular flexibility index (Phi) is 5.26. The minimum Gasteiger partial charge on any atom is -0.507 e. The van der Waals surface area contributed by atoms with Crippen molar-refractivity contribution in [1.29, 1.82) is 0 Å². The van der Waals surface area contributed by atoms with Gasteiger partial charge in [-0.3, -0.25) is 4.79 Å².